The van der Waals surface area contributed by atoms with Crippen LogP contribution in [0.2, 0.25) is 5.02 Å². The number of aliphatic hydroxyl groups is 1. The van der Waals surface area contributed by atoms with Crippen molar-refractivity contribution < 1.29 is 9.90 Å². The molecule has 2 amide bonds. The van der Waals surface area contributed by atoms with Crippen LogP contribution in [0.25, 0.3) is 0 Å². The Morgan fingerprint density at radius 3 is 2.35 bits per heavy atom. The van der Waals surface area contributed by atoms with Gasteiger partial charge in [-0.2, -0.15) is 0 Å². The molecule has 1 aromatic rings. The smallest absolute Gasteiger partial charge is 0.314 e. The summed E-state index contributed by atoms with van der Waals surface area (Å²) in [6.45, 7) is 10.0. The van der Waals surface area contributed by atoms with E-state index in [4.69, 9.17) is 11.6 Å². The summed E-state index contributed by atoms with van der Waals surface area (Å²) in [4.78, 5) is 14.1. The third kappa shape index (κ3) is 6.77. The maximum absolute atomic E-state index is 11.8. The van der Waals surface area contributed by atoms with Gasteiger partial charge in [-0.05, 0) is 33.8 Å². The Hall–Kier alpha value is -1.30. The monoisotopic (exact) mass is 341 g/mol. The number of carbonyl (C=O) groups is 1. The molecule has 1 rings (SSSR count). The van der Waals surface area contributed by atoms with Crippen LogP contribution >= 0.6 is 11.6 Å². The van der Waals surface area contributed by atoms with Gasteiger partial charge in [0.05, 0.1) is 6.10 Å². The van der Waals surface area contributed by atoms with Crippen LogP contribution in [0.3, 0.4) is 0 Å². The second kappa shape index (κ2) is 9.75. The highest BCUT2D eigenvalue weighted by Gasteiger charge is 2.14. The summed E-state index contributed by atoms with van der Waals surface area (Å²) in [5, 5.41) is 16.0. The van der Waals surface area contributed by atoms with Crippen LogP contribution in [0.1, 0.15) is 39.4 Å². The van der Waals surface area contributed by atoms with Crippen molar-refractivity contribution in [1.82, 2.24) is 15.5 Å². The number of hydrogen-bond acceptors (Lipinski definition) is 3. The van der Waals surface area contributed by atoms with Crippen LogP contribution in [0.4, 0.5) is 4.79 Å². The number of rotatable bonds is 8. The van der Waals surface area contributed by atoms with Gasteiger partial charge in [0.25, 0.3) is 0 Å². The number of nitrogens with one attached hydrogen (secondary N) is 2. The lowest BCUT2D eigenvalue weighted by Gasteiger charge is -2.30. The van der Waals surface area contributed by atoms with E-state index in [1.54, 1.807) is 24.3 Å². The normalized spacial score (nSPS) is 12.7. The van der Waals surface area contributed by atoms with Crippen LogP contribution < -0.4 is 10.6 Å². The molecular weight excluding hydrogens is 314 g/mol. The maximum Gasteiger partial charge on any atom is 0.314 e. The van der Waals surface area contributed by atoms with Crippen LogP contribution in [0.15, 0.2) is 24.3 Å². The van der Waals surface area contributed by atoms with Gasteiger partial charge in [-0.1, -0.05) is 29.8 Å². The molecule has 0 aromatic heterocycles. The Labute approximate surface area is 144 Å². The average Bonchev–Trinajstić information content (AvgIpc) is 2.48. The molecule has 1 atom stereocenters. The Morgan fingerprint density at radius 2 is 1.78 bits per heavy atom. The van der Waals surface area contributed by atoms with E-state index in [2.05, 4.69) is 43.2 Å². The van der Waals surface area contributed by atoms with Crippen LogP contribution in [0.5, 0.6) is 0 Å². The highest BCUT2D eigenvalue weighted by atomic mass is 35.5. The molecule has 0 aliphatic heterocycles. The summed E-state index contributed by atoms with van der Waals surface area (Å²) in [6.07, 6.45) is -0.822. The minimum atomic E-state index is -0.822. The lowest BCUT2D eigenvalue weighted by molar-refractivity contribution is 0.168. The van der Waals surface area contributed by atoms with Crippen LogP contribution in [-0.2, 0) is 0 Å². The van der Waals surface area contributed by atoms with E-state index in [1.807, 2.05) is 0 Å². The van der Waals surface area contributed by atoms with Crippen LogP contribution in [0, 0.1) is 0 Å². The summed E-state index contributed by atoms with van der Waals surface area (Å²) in [6, 6.07) is 7.64. The molecule has 0 fully saturated rings. The molecule has 0 heterocycles. The first-order chi connectivity index (χ1) is 10.8. The van der Waals surface area contributed by atoms with Crippen molar-refractivity contribution in [3.8, 4) is 0 Å². The van der Waals surface area contributed by atoms with Gasteiger partial charge in [-0.25, -0.2) is 4.79 Å². The van der Waals surface area contributed by atoms with Crippen molar-refractivity contribution in [1.29, 1.82) is 0 Å². The van der Waals surface area contributed by atoms with E-state index >= 15 is 0 Å². The fourth-order valence-electron chi connectivity index (χ4n) is 2.52. The standard InChI is InChI=1S/C17H28ClN3O2/c1-12(2)21(13(3)4)10-9-19-17(23)20-11-16(22)14-7-5-6-8-15(14)18/h5-8,12-13,16,22H,9-11H2,1-4H3,(H2,19,20,23). The number of halogens is 1. The average molecular weight is 342 g/mol. The third-order valence-corrected chi connectivity index (χ3v) is 4.05. The van der Waals surface area contributed by atoms with E-state index in [0.717, 1.165) is 6.54 Å². The predicted octanol–water partition coefficient (Wildman–Crippen LogP) is 2.79. The second-order valence-electron chi connectivity index (χ2n) is 6.10. The molecule has 0 radical (unpaired) electrons. The van der Waals surface area contributed by atoms with Gasteiger partial charge < -0.3 is 15.7 Å². The largest absolute Gasteiger partial charge is 0.387 e. The highest BCUT2D eigenvalue weighted by Crippen LogP contribution is 2.21. The molecule has 0 spiro atoms. The van der Waals surface area contributed by atoms with Crippen molar-refractivity contribution in [2.75, 3.05) is 19.6 Å². The van der Waals surface area contributed by atoms with Gasteiger partial charge >= 0.3 is 6.03 Å². The molecule has 0 bridgehead atoms. The summed E-state index contributed by atoms with van der Waals surface area (Å²) in [5.41, 5.74) is 0.611. The SMILES string of the molecule is CC(C)N(CCNC(=O)NCC(O)c1ccccc1Cl)C(C)C. The number of urea groups is 1. The summed E-state index contributed by atoms with van der Waals surface area (Å²) >= 11 is 6.02. The molecule has 1 aromatic carbocycles. The molecule has 1 unspecified atom stereocenters. The Balaban J connectivity index is 2.33. The maximum atomic E-state index is 11.8. The number of aliphatic hydroxyl groups excluding tert-OH is 1. The van der Waals surface area contributed by atoms with E-state index in [9.17, 15) is 9.90 Å². The highest BCUT2D eigenvalue weighted by molar-refractivity contribution is 6.31. The fourth-order valence-corrected chi connectivity index (χ4v) is 2.78. The van der Waals surface area contributed by atoms with E-state index in [0.29, 0.717) is 29.2 Å². The van der Waals surface area contributed by atoms with E-state index in [-0.39, 0.29) is 12.6 Å². The third-order valence-electron chi connectivity index (χ3n) is 3.70. The summed E-state index contributed by atoms with van der Waals surface area (Å²) < 4.78 is 0. The van der Waals surface area contributed by atoms with Crippen molar-refractivity contribution in [2.24, 2.45) is 0 Å². The molecule has 3 N–H and O–H groups in total. The molecule has 6 heteroatoms. The quantitative estimate of drug-likeness (QED) is 0.681. The Morgan fingerprint density at radius 1 is 1.17 bits per heavy atom. The number of hydrogen-bond donors (Lipinski definition) is 3. The first-order valence-corrected chi connectivity index (χ1v) is 8.40. The lowest BCUT2D eigenvalue weighted by Crippen LogP contribution is -2.45. The number of benzene rings is 1. The second-order valence-corrected chi connectivity index (χ2v) is 6.51. The Bertz CT molecular complexity index is 486. The molecule has 0 saturated carbocycles. The van der Waals surface area contributed by atoms with Gasteiger partial charge in [0.1, 0.15) is 0 Å². The zero-order chi connectivity index (χ0) is 17.4. The topological polar surface area (TPSA) is 64.6 Å². The molecule has 0 aliphatic carbocycles. The Kier molecular flexibility index (Phi) is 8.37. The van der Waals surface area contributed by atoms with Gasteiger partial charge in [0, 0.05) is 42.3 Å². The molecular formula is C17H28ClN3O2. The van der Waals surface area contributed by atoms with E-state index in [1.165, 1.54) is 0 Å². The molecule has 5 nitrogen and oxygen atoms in total. The first-order valence-electron chi connectivity index (χ1n) is 8.02. The van der Waals surface area contributed by atoms with E-state index < -0.39 is 6.10 Å². The fraction of sp³-hybridized carbons (Fsp3) is 0.588. The van der Waals surface area contributed by atoms with Gasteiger partial charge in [-0.15, -0.1) is 0 Å². The number of amides is 2. The van der Waals surface area contributed by atoms with Crippen molar-refractivity contribution in [2.45, 2.75) is 45.9 Å². The number of nitrogens with zero attached hydrogens (tertiary/aromatic N) is 1. The number of carbonyl (C=O) groups excluding carboxylic acids is 1. The zero-order valence-corrected chi connectivity index (χ0v) is 15.1. The van der Waals surface area contributed by atoms with Crippen molar-refractivity contribution in [3.63, 3.8) is 0 Å². The first kappa shape index (κ1) is 19.7. The van der Waals surface area contributed by atoms with Crippen LogP contribution in [-0.4, -0.2) is 47.8 Å². The molecule has 0 saturated heterocycles. The molecule has 130 valence electrons. The molecule has 23 heavy (non-hydrogen) atoms. The zero-order valence-electron chi connectivity index (χ0n) is 14.3. The van der Waals surface area contributed by atoms with Crippen molar-refractivity contribution >= 4 is 17.6 Å². The van der Waals surface area contributed by atoms with Crippen molar-refractivity contribution in [3.05, 3.63) is 34.9 Å². The van der Waals surface area contributed by atoms with Gasteiger partial charge in [0.2, 0.25) is 0 Å². The van der Waals surface area contributed by atoms with Gasteiger partial charge in [0.15, 0.2) is 0 Å². The summed E-state index contributed by atoms with van der Waals surface area (Å²) in [5.74, 6) is 0. The predicted molar refractivity (Wildman–Crippen MR) is 94.8 cm³/mol. The lowest BCUT2D eigenvalue weighted by atomic mass is 10.1. The minimum absolute atomic E-state index is 0.119. The van der Waals surface area contributed by atoms with Gasteiger partial charge in [-0.3, -0.25) is 4.90 Å². The summed E-state index contributed by atoms with van der Waals surface area (Å²) in [7, 11) is 0. The minimum Gasteiger partial charge on any atom is -0.387 e. The molecule has 0 aliphatic rings.